The Kier molecular flexibility index (Phi) is 6.74. The maximum Gasteiger partial charge on any atom is 0.188 e. The lowest BCUT2D eigenvalue weighted by Crippen LogP contribution is -2.15. The summed E-state index contributed by atoms with van der Waals surface area (Å²) in [4.78, 5) is 13.8. The van der Waals surface area contributed by atoms with Gasteiger partial charge in [-0.25, -0.2) is 19.3 Å². The molecule has 0 saturated carbocycles. The van der Waals surface area contributed by atoms with Crippen LogP contribution in [0.3, 0.4) is 0 Å². The Labute approximate surface area is 185 Å². The van der Waals surface area contributed by atoms with E-state index in [1.165, 1.54) is 12.1 Å². The number of thioether (sulfide) groups is 1. The Morgan fingerprint density at radius 1 is 1.03 bits per heavy atom. The summed E-state index contributed by atoms with van der Waals surface area (Å²) < 4.78 is 15.5. The summed E-state index contributed by atoms with van der Waals surface area (Å²) in [6.45, 7) is 2.02. The molecular weight excluding hydrogens is 411 g/mol. The Bertz CT molecular complexity index is 1130. The first-order valence-electron chi connectivity index (χ1n) is 10.2. The molecule has 0 aliphatic heterocycles. The van der Waals surface area contributed by atoms with Crippen molar-refractivity contribution in [1.29, 1.82) is 0 Å². The fourth-order valence-corrected chi connectivity index (χ4v) is 4.12. The van der Waals surface area contributed by atoms with Crippen LogP contribution >= 0.6 is 11.8 Å². The molecule has 0 radical (unpaired) electrons. The average molecular weight is 435 g/mol. The van der Waals surface area contributed by atoms with Crippen molar-refractivity contribution >= 4 is 11.8 Å². The van der Waals surface area contributed by atoms with Gasteiger partial charge in [0.25, 0.3) is 0 Å². The minimum atomic E-state index is -0.334. The second-order valence-electron chi connectivity index (χ2n) is 7.04. The smallest absolute Gasteiger partial charge is 0.188 e. The molecule has 0 aliphatic carbocycles. The number of imidazole rings is 1. The van der Waals surface area contributed by atoms with E-state index in [9.17, 15) is 9.50 Å². The van der Waals surface area contributed by atoms with Crippen molar-refractivity contribution in [3.63, 3.8) is 0 Å². The lowest BCUT2D eigenvalue weighted by molar-refractivity contribution is 0.250. The van der Waals surface area contributed by atoms with Gasteiger partial charge in [0.1, 0.15) is 5.82 Å². The summed E-state index contributed by atoms with van der Waals surface area (Å²) in [7, 11) is 0. The van der Waals surface area contributed by atoms with Crippen LogP contribution in [0.15, 0.2) is 78.3 Å². The molecule has 0 aliphatic rings. The molecule has 0 unspecified atom stereocenters. The first-order chi connectivity index (χ1) is 15.2. The minimum Gasteiger partial charge on any atom is -0.394 e. The number of hydrogen-bond donors (Lipinski definition) is 1. The molecule has 4 rings (SSSR count). The number of aliphatic hydroxyl groups is 1. The molecule has 0 saturated heterocycles. The number of aliphatic hydroxyl groups excluding tert-OH is 1. The number of benzene rings is 2. The van der Waals surface area contributed by atoms with E-state index in [0.29, 0.717) is 16.5 Å². The molecular formula is C24H23FN4OS. The molecule has 0 spiro atoms. The monoisotopic (exact) mass is 434 g/mol. The van der Waals surface area contributed by atoms with Gasteiger partial charge in [-0.3, -0.25) is 0 Å². The number of nitrogens with zero attached hydrogens (tertiary/aromatic N) is 4. The molecule has 0 fully saturated rings. The maximum atomic E-state index is 13.5. The molecule has 2 aromatic carbocycles. The number of hydrogen-bond acceptors (Lipinski definition) is 5. The third-order valence-corrected chi connectivity index (χ3v) is 5.98. The Hall–Kier alpha value is -3.03. The summed E-state index contributed by atoms with van der Waals surface area (Å²) in [5.41, 5.74) is 3.89. The molecule has 1 N–H and O–H groups in total. The summed E-state index contributed by atoms with van der Waals surface area (Å²) in [5, 5.41) is 10.9. The zero-order valence-electron chi connectivity index (χ0n) is 17.1. The van der Waals surface area contributed by atoms with E-state index in [1.54, 1.807) is 36.4 Å². The number of halogens is 1. The van der Waals surface area contributed by atoms with Crippen LogP contribution in [0.5, 0.6) is 0 Å². The van der Waals surface area contributed by atoms with Crippen LogP contribution in [0.2, 0.25) is 0 Å². The van der Waals surface area contributed by atoms with E-state index in [4.69, 9.17) is 4.98 Å². The normalized spacial score (nSPS) is 12.1. The van der Waals surface area contributed by atoms with Crippen molar-refractivity contribution in [2.24, 2.45) is 0 Å². The molecule has 4 aromatic rings. The first-order valence-corrected chi connectivity index (χ1v) is 11.1. The fraction of sp³-hybridized carbons (Fsp3) is 0.208. The zero-order valence-corrected chi connectivity index (χ0v) is 18.0. The van der Waals surface area contributed by atoms with Gasteiger partial charge in [0, 0.05) is 17.5 Å². The maximum absolute atomic E-state index is 13.5. The molecule has 1 atom stereocenters. The highest BCUT2D eigenvalue weighted by molar-refractivity contribution is 7.99. The molecule has 0 bridgehead atoms. The number of rotatable bonds is 8. The summed E-state index contributed by atoms with van der Waals surface area (Å²) in [6.07, 6.45) is 4.48. The van der Waals surface area contributed by atoms with Gasteiger partial charge in [-0.15, -0.1) is 0 Å². The molecule has 7 heteroatoms. The van der Waals surface area contributed by atoms with Crippen LogP contribution in [0.25, 0.3) is 22.6 Å². The van der Waals surface area contributed by atoms with Crippen LogP contribution in [0.4, 0.5) is 4.39 Å². The highest BCUT2D eigenvalue weighted by atomic mass is 32.2. The van der Waals surface area contributed by atoms with Crippen LogP contribution in [0.1, 0.15) is 24.9 Å². The first kappa shape index (κ1) is 21.2. The van der Waals surface area contributed by atoms with E-state index in [1.807, 2.05) is 41.0 Å². The summed E-state index contributed by atoms with van der Waals surface area (Å²) >= 11 is 1.60. The molecule has 31 heavy (non-hydrogen) atoms. The summed E-state index contributed by atoms with van der Waals surface area (Å²) in [6, 6.07) is 17.5. The van der Waals surface area contributed by atoms with Gasteiger partial charge in [0.05, 0.1) is 36.1 Å². The fourth-order valence-electron chi connectivity index (χ4n) is 3.43. The van der Waals surface area contributed by atoms with Gasteiger partial charge in [0.15, 0.2) is 5.16 Å². The third-order valence-electron chi connectivity index (χ3n) is 4.92. The van der Waals surface area contributed by atoms with Crippen LogP contribution in [-0.2, 0) is 0 Å². The van der Waals surface area contributed by atoms with Crippen LogP contribution in [0, 0.1) is 5.82 Å². The Balaban J connectivity index is 1.88. The molecule has 5 nitrogen and oxygen atoms in total. The molecule has 158 valence electrons. The third kappa shape index (κ3) is 4.68. The predicted octanol–water partition coefficient (Wildman–Crippen LogP) is 5.23. The minimum absolute atomic E-state index is 0.0985. The van der Waals surface area contributed by atoms with Crippen LogP contribution < -0.4 is 0 Å². The van der Waals surface area contributed by atoms with Gasteiger partial charge in [0.2, 0.25) is 0 Å². The van der Waals surface area contributed by atoms with Gasteiger partial charge < -0.3 is 9.67 Å². The lowest BCUT2D eigenvalue weighted by Gasteiger charge is -2.20. The lowest BCUT2D eigenvalue weighted by atomic mass is 10.0. The topological polar surface area (TPSA) is 63.8 Å². The van der Waals surface area contributed by atoms with Gasteiger partial charge in [-0.05, 0) is 42.3 Å². The number of aromatic nitrogens is 4. The SMILES string of the molecule is CCCSc1nccc(-c2c(-c3ccc(F)cc3)ncn2[C@H](CO)c2ccccc2)n1. The van der Waals surface area contributed by atoms with Crippen molar-refractivity contribution in [3.8, 4) is 22.6 Å². The largest absolute Gasteiger partial charge is 0.394 e. The van der Waals surface area contributed by atoms with E-state index in [0.717, 1.165) is 29.0 Å². The van der Waals surface area contributed by atoms with Crippen LogP contribution in [-0.4, -0.2) is 37.0 Å². The highest BCUT2D eigenvalue weighted by Gasteiger charge is 2.23. The second kappa shape index (κ2) is 9.85. The molecule has 2 heterocycles. The van der Waals surface area contributed by atoms with E-state index in [2.05, 4.69) is 16.9 Å². The highest BCUT2D eigenvalue weighted by Crippen LogP contribution is 2.34. The zero-order chi connectivity index (χ0) is 21.6. The van der Waals surface area contributed by atoms with E-state index in [-0.39, 0.29) is 18.5 Å². The Morgan fingerprint density at radius 3 is 2.52 bits per heavy atom. The summed E-state index contributed by atoms with van der Waals surface area (Å²) in [5.74, 6) is 0.624. The van der Waals surface area contributed by atoms with E-state index < -0.39 is 0 Å². The van der Waals surface area contributed by atoms with Crippen molar-refractivity contribution in [2.75, 3.05) is 12.4 Å². The molecule has 0 amide bonds. The van der Waals surface area contributed by atoms with Gasteiger partial charge in [-0.2, -0.15) is 0 Å². The van der Waals surface area contributed by atoms with Crippen molar-refractivity contribution in [3.05, 3.63) is 84.6 Å². The van der Waals surface area contributed by atoms with Crippen molar-refractivity contribution < 1.29 is 9.50 Å². The molecule has 2 aromatic heterocycles. The van der Waals surface area contributed by atoms with Gasteiger partial charge >= 0.3 is 0 Å². The van der Waals surface area contributed by atoms with Gasteiger partial charge in [-0.1, -0.05) is 49.0 Å². The van der Waals surface area contributed by atoms with E-state index >= 15 is 0 Å². The predicted molar refractivity (Wildman–Crippen MR) is 121 cm³/mol. The van der Waals surface area contributed by atoms with Crippen molar-refractivity contribution in [2.45, 2.75) is 24.5 Å². The standard InChI is InChI=1S/C24H23FN4OS/c1-2-14-31-24-26-13-12-20(28-24)23-22(18-8-10-19(25)11-9-18)27-16-29(23)21(15-30)17-6-4-3-5-7-17/h3-13,16,21,30H,2,14-15H2,1H3/t21-/m1/s1. The second-order valence-corrected chi connectivity index (χ2v) is 8.10. The quantitative estimate of drug-likeness (QED) is 0.304. The average Bonchev–Trinajstić information content (AvgIpc) is 3.24. The Morgan fingerprint density at radius 2 is 1.81 bits per heavy atom. The van der Waals surface area contributed by atoms with Crippen molar-refractivity contribution in [1.82, 2.24) is 19.5 Å².